The van der Waals surface area contributed by atoms with E-state index in [1.54, 1.807) is 0 Å². The molecule has 0 amide bonds. The van der Waals surface area contributed by atoms with Crippen molar-refractivity contribution in [3.8, 4) is 0 Å². The zero-order chi connectivity index (χ0) is 30.2. The lowest BCUT2D eigenvalue weighted by Crippen LogP contribution is -1.86. The van der Waals surface area contributed by atoms with E-state index in [1.807, 2.05) is 0 Å². The van der Waals surface area contributed by atoms with Crippen molar-refractivity contribution in [1.82, 2.24) is 0 Å². The van der Waals surface area contributed by atoms with Gasteiger partial charge in [-0.15, -0.1) is 0 Å². The molecule has 0 aromatic heterocycles. The lowest BCUT2D eigenvalue weighted by atomic mass is 9.90. The standard InChI is InChI=1S/C46H28/c1-3-7-39-31(5-1)15-19-35-20-17-33-13-11-29(27-41(33)43(35)39)9-10-30-12-14-34-18-22-37-24-26-38-25-23-36-21-16-32-6-2-4-8-40(32)44(36)46(38)45(37)42(34)28-30/h1-28H/b10-9+. The highest BCUT2D eigenvalue weighted by molar-refractivity contribution is 6.32. The minimum Gasteiger partial charge on any atom is -0.0616 e. The molecule has 0 heteroatoms. The van der Waals surface area contributed by atoms with Gasteiger partial charge in [-0.25, -0.2) is 0 Å². The molecular weight excluding hydrogens is 553 g/mol. The summed E-state index contributed by atoms with van der Waals surface area (Å²) in [5.74, 6) is 0. The number of hydrogen-bond donors (Lipinski definition) is 0. The van der Waals surface area contributed by atoms with Crippen molar-refractivity contribution in [3.63, 3.8) is 0 Å². The average molecular weight is 581 g/mol. The quantitative estimate of drug-likeness (QED) is 0.141. The Balaban J connectivity index is 1.18. The van der Waals surface area contributed by atoms with Crippen molar-refractivity contribution >= 4 is 98.3 Å². The SMILES string of the molecule is C(=C\c1ccc2ccc3ccc4ccc5ccc6ccccc6c5c4c3c2c1)/c1ccc2ccc3ccc4ccccc4c3c2c1. The molecule has 10 aromatic carbocycles. The Morgan fingerprint density at radius 1 is 0.239 bits per heavy atom. The van der Waals surface area contributed by atoms with E-state index in [2.05, 4.69) is 170 Å². The van der Waals surface area contributed by atoms with Gasteiger partial charge in [-0.2, -0.15) is 0 Å². The van der Waals surface area contributed by atoms with Crippen molar-refractivity contribution in [3.05, 3.63) is 169 Å². The topological polar surface area (TPSA) is 0 Å². The van der Waals surface area contributed by atoms with Crippen molar-refractivity contribution in [2.75, 3.05) is 0 Å². The van der Waals surface area contributed by atoms with Crippen LogP contribution in [0.3, 0.4) is 0 Å². The van der Waals surface area contributed by atoms with Gasteiger partial charge in [0.2, 0.25) is 0 Å². The molecule has 0 bridgehead atoms. The summed E-state index contributed by atoms with van der Waals surface area (Å²) in [4.78, 5) is 0. The molecule has 0 unspecified atom stereocenters. The van der Waals surface area contributed by atoms with Crippen molar-refractivity contribution in [2.24, 2.45) is 0 Å². The van der Waals surface area contributed by atoms with Crippen LogP contribution >= 0.6 is 0 Å². The molecule has 0 aliphatic rings. The largest absolute Gasteiger partial charge is 0.0616 e. The van der Waals surface area contributed by atoms with Crippen LogP contribution in [0.2, 0.25) is 0 Å². The maximum absolute atomic E-state index is 2.38. The van der Waals surface area contributed by atoms with E-state index in [9.17, 15) is 0 Å². The fourth-order valence-corrected chi connectivity index (χ4v) is 7.72. The minimum absolute atomic E-state index is 1.20. The molecule has 212 valence electrons. The van der Waals surface area contributed by atoms with Crippen molar-refractivity contribution < 1.29 is 0 Å². The second kappa shape index (κ2) is 9.76. The van der Waals surface area contributed by atoms with Crippen LogP contribution in [0.5, 0.6) is 0 Å². The molecule has 46 heavy (non-hydrogen) atoms. The van der Waals surface area contributed by atoms with E-state index < -0.39 is 0 Å². The average Bonchev–Trinajstić information content (AvgIpc) is 3.12. The Morgan fingerprint density at radius 2 is 0.565 bits per heavy atom. The smallest absolute Gasteiger partial charge is 0.00143 e. The Bertz CT molecular complexity index is 2880. The van der Waals surface area contributed by atoms with E-state index >= 15 is 0 Å². The lowest BCUT2D eigenvalue weighted by molar-refractivity contribution is 1.72. The molecule has 10 rings (SSSR count). The molecule has 0 atom stereocenters. The molecule has 0 saturated heterocycles. The Kier molecular flexibility index (Phi) is 5.38. The number of rotatable bonds is 2. The summed E-state index contributed by atoms with van der Waals surface area (Å²) in [6.07, 6.45) is 4.53. The van der Waals surface area contributed by atoms with E-state index in [1.165, 1.54) is 97.3 Å². The highest BCUT2D eigenvalue weighted by Crippen LogP contribution is 2.40. The van der Waals surface area contributed by atoms with Crippen molar-refractivity contribution in [1.29, 1.82) is 0 Å². The van der Waals surface area contributed by atoms with Gasteiger partial charge in [-0.1, -0.05) is 158 Å². The fourth-order valence-electron chi connectivity index (χ4n) is 7.72. The van der Waals surface area contributed by atoms with Gasteiger partial charge in [0.1, 0.15) is 0 Å². The minimum atomic E-state index is 1.20. The summed E-state index contributed by atoms with van der Waals surface area (Å²) in [6.45, 7) is 0. The molecule has 0 aliphatic carbocycles. The molecule has 0 spiro atoms. The molecule has 0 saturated carbocycles. The van der Waals surface area contributed by atoms with E-state index in [-0.39, 0.29) is 0 Å². The van der Waals surface area contributed by atoms with Gasteiger partial charge < -0.3 is 0 Å². The van der Waals surface area contributed by atoms with Crippen LogP contribution in [0, 0.1) is 0 Å². The molecule has 0 N–H and O–H groups in total. The van der Waals surface area contributed by atoms with Gasteiger partial charge in [0.05, 0.1) is 0 Å². The van der Waals surface area contributed by atoms with E-state index in [0.29, 0.717) is 0 Å². The van der Waals surface area contributed by atoms with Crippen LogP contribution < -0.4 is 0 Å². The van der Waals surface area contributed by atoms with Crippen LogP contribution in [0.15, 0.2) is 158 Å². The first-order chi connectivity index (χ1) is 22.8. The highest BCUT2D eigenvalue weighted by atomic mass is 14.2. The number of fused-ring (bicyclic) bond motifs is 14. The zero-order valence-electron chi connectivity index (χ0n) is 25.2. The molecule has 0 heterocycles. The Morgan fingerprint density at radius 3 is 1.09 bits per heavy atom. The maximum Gasteiger partial charge on any atom is -0.00143 e. The zero-order valence-corrected chi connectivity index (χ0v) is 25.2. The summed E-state index contributed by atoms with van der Waals surface area (Å²) in [5.41, 5.74) is 2.40. The predicted molar refractivity (Wildman–Crippen MR) is 202 cm³/mol. The Labute approximate surface area is 266 Å². The van der Waals surface area contributed by atoms with Crippen LogP contribution in [-0.2, 0) is 0 Å². The Hall–Kier alpha value is -5.98. The van der Waals surface area contributed by atoms with Gasteiger partial charge in [0.25, 0.3) is 0 Å². The molecule has 0 nitrogen and oxygen atoms in total. The van der Waals surface area contributed by atoms with Crippen LogP contribution in [-0.4, -0.2) is 0 Å². The first-order valence-electron chi connectivity index (χ1n) is 16.0. The normalized spacial score (nSPS) is 12.3. The number of hydrogen-bond acceptors (Lipinski definition) is 0. The highest BCUT2D eigenvalue weighted by Gasteiger charge is 2.12. The second-order valence-corrected chi connectivity index (χ2v) is 12.5. The van der Waals surface area contributed by atoms with Crippen LogP contribution in [0.25, 0.3) is 98.3 Å². The lowest BCUT2D eigenvalue weighted by Gasteiger charge is -2.13. The molecule has 0 aliphatic heterocycles. The first kappa shape index (κ1) is 25.4. The van der Waals surface area contributed by atoms with Crippen molar-refractivity contribution in [2.45, 2.75) is 0 Å². The molecule has 0 fully saturated rings. The molecule has 0 radical (unpaired) electrons. The summed E-state index contributed by atoms with van der Waals surface area (Å²) < 4.78 is 0. The second-order valence-electron chi connectivity index (χ2n) is 12.5. The summed E-state index contributed by atoms with van der Waals surface area (Å²) in [6, 6.07) is 58.3. The monoisotopic (exact) mass is 580 g/mol. The third kappa shape index (κ3) is 3.81. The maximum atomic E-state index is 2.38. The first-order valence-corrected chi connectivity index (χ1v) is 16.0. The molecular formula is C46H28. The van der Waals surface area contributed by atoms with Gasteiger partial charge in [-0.05, 0) is 109 Å². The predicted octanol–water partition coefficient (Wildman–Crippen LogP) is 13.1. The summed E-state index contributed by atoms with van der Waals surface area (Å²) >= 11 is 0. The summed E-state index contributed by atoms with van der Waals surface area (Å²) in [5, 5.41) is 20.7. The van der Waals surface area contributed by atoms with Crippen LogP contribution in [0.4, 0.5) is 0 Å². The fraction of sp³-hybridized carbons (Fsp3) is 0. The number of benzene rings is 10. The third-order valence-corrected chi connectivity index (χ3v) is 9.93. The molecule has 10 aromatic rings. The van der Waals surface area contributed by atoms with E-state index in [4.69, 9.17) is 0 Å². The third-order valence-electron chi connectivity index (χ3n) is 9.93. The van der Waals surface area contributed by atoms with Gasteiger partial charge in [-0.3, -0.25) is 0 Å². The summed E-state index contributed by atoms with van der Waals surface area (Å²) in [7, 11) is 0. The van der Waals surface area contributed by atoms with Gasteiger partial charge in [0.15, 0.2) is 0 Å². The van der Waals surface area contributed by atoms with Gasteiger partial charge in [0, 0.05) is 0 Å². The van der Waals surface area contributed by atoms with Gasteiger partial charge >= 0.3 is 0 Å². The van der Waals surface area contributed by atoms with E-state index in [0.717, 1.165) is 0 Å². The van der Waals surface area contributed by atoms with Crippen LogP contribution in [0.1, 0.15) is 11.1 Å².